The van der Waals surface area contributed by atoms with Crippen LogP contribution in [-0.4, -0.2) is 20.2 Å². The van der Waals surface area contributed by atoms with Gasteiger partial charge in [-0.1, -0.05) is 16.8 Å². The Morgan fingerprint density at radius 1 is 1.47 bits per heavy atom. The average Bonchev–Trinajstić information content (AvgIpc) is 2.75. The second-order valence-corrected chi connectivity index (χ2v) is 3.95. The summed E-state index contributed by atoms with van der Waals surface area (Å²) in [6.45, 7) is 0.611. The highest BCUT2D eigenvalue weighted by Gasteiger charge is 2.22. The molecule has 5 heteroatoms. The first-order chi connectivity index (χ1) is 7.42. The van der Waals surface area contributed by atoms with Crippen LogP contribution in [0.25, 0.3) is 0 Å². The third-order valence-electron chi connectivity index (χ3n) is 2.89. The Kier molecular flexibility index (Phi) is 2.01. The van der Waals surface area contributed by atoms with Crippen molar-refractivity contribution in [3.8, 4) is 0 Å². The van der Waals surface area contributed by atoms with E-state index >= 15 is 0 Å². The SMILES string of the molecule is c1cc(Cn2cc(C3CCC3)nn2)on1. The minimum atomic E-state index is 0.611. The van der Waals surface area contributed by atoms with Crippen molar-refractivity contribution >= 4 is 0 Å². The monoisotopic (exact) mass is 204 g/mol. The van der Waals surface area contributed by atoms with E-state index in [0.29, 0.717) is 12.5 Å². The van der Waals surface area contributed by atoms with E-state index in [9.17, 15) is 0 Å². The lowest BCUT2D eigenvalue weighted by Crippen LogP contribution is -2.08. The first kappa shape index (κ1) is 8.64. The van der Waals surface area contributed by atoms with Gasteiger partial charge in [-0.25, -0.2) is 4.68 Å². The third-order valence-corrected chi connectivity index (χ3v) is 2.89. The van der Waals surface area contributed by atoms with Gasteiger partial charge in [0, 0.05) is 18.2 Å². The second-order valence-electron chi connectivity index (χ2n) is 3.95. The van der Waals surface area contributed by atoms with Gasteiger partial charge in [-0.15, -0.1) is 5.10 Å². The Bertz CT molecular complexity index is 430. The minimum Gasteiger partial charge on any atom is -0.359 e. The van der Waals surface area contributed by atoms with E-state index in [0.717, 1.165) is 11.5 Å². The van der Waals surface area contributed by atoms with Crippen LogP contribution in [0.4, 0.5) is 0 Å². The van der Waals surface area contributed by atoms with Crippen molar-refractivity contribution in [1.29, 1.82) is 0 Å². The topological polar surface area (TPSA) is 56.7 Å². The van der Waals surface area contributed by atoms with Gasteiger partial charge in [-0.2, -0.15) is 0 Å². The van der Waals surface area contributed by atoms with Crippen LogP contribution < -0.4 is 0 Å². The van der Waals surface area contributed by atoms with Crippen molar-refractivity contribution in [3.63, 3.8) is 0 Å². The summed E-state index contributed by atoms with van der Waals surface area (Å²) < 4.78 is 6.81. The normalized spacial score (nSPS) is 16.5. The molecule has 0 bridgehead atoms. The maximum atomic E-state index is 5.01. The van der Waals surface area contributed by atoms with Crippen LogP contribution in [0.3, 0.4) is 0 Å². The van der Waals surface area contributed by atoms with Crippen LogP contribution in [0.15, 0.2) is 23.0 Å². The molecule has 1 fully saturated rings. The summed E-state index contributed by atoms with van der Waals surface area (Å²) in [6, 6.07) is 1.84. The maximum Gasteiger partial charge on any atom is 0.158 e. The zero-order valence-corrected chi connectivity index (χ0v) is 8.33. The van der Waals surface area contributed by atoms with Gasteiger partial charge in [-0.3, -0.25) is 0 Å². The van der Waals surface area contributed by atoms with Gasteiger partial charge >= 0.3 is 0 Å². The lowest BCUT2D eigenvalue weighted by atomic mass is 9.83. The standard InChI is InChI=1S/C10H12N4O/c1-2-8(3-1)10-7-14(13-12-10)6-9-4-5-11-15-9/h4-5,7-8H,1-3,6H2. The molecular weight excluding hydrogens is 192 g/mol. The van der Waals surface area contributed by atoms with Crippen molar-refractivity contribution < 1.29 is 4.52 Å². The first-order valence-corrected chi connectivity index (χ1v) is 5.21. The van der Waals surface area contributed by atoms with Crippen molar-refractivity contribution in [2.45, 2.75) is 31.7 Å². The molecule has 1 aliphatic carbocycles. The molecule has 2 aromatic heterocycles. The summed E-state index contributed by atoms with van der Waals surface area (Å²) in [6.07, 6.45) is 7.47. The third kappa shape index (κ3) is 1.65. The van der Waals surface area contributed by atoms with Crippen LogP contribution in [0.1, 0.15) is 36.6 Å². The maximum absolute atomic E-state index is 5.01. The average molecular weight is 204 g/mol. The molecular formula is C10H12N4O. The number of hydrogen-bond acceptors (Lipinski definition) is 4. The highest BCUT2D eigenvalue weighted by molar-refractivity contribution is 5.06. The van der Waals surface area contributed by atoms with Gasteiger partial charge < -0.3 is 4.52 Å². The molecule has 0 amide bonds. The van der Waals surface area contributed by atoms with Gasteiger partial charge in [0.15, 0.2) is 5.76 Å². The minimum absolute atomic E-state index is 0.611. The lowest BCUT2D eigenvalue weighted by Gasteiger charge is -2.22. The summed E-state index contributed by atoms with van der Waals surface area (Å²) in [4.78, 5) is 0. The highest BCUT2D eigenvalue weighted by Crippen LogP contribution is 2.34. The van der Waals surface area contributed by atoms with Crippen LogP contribution >= 0.6 is 0 Å². The summed E-state index contributed by atoms with van der Waals surface area (Å²) >= 11 is 0. The van der Waals surface area contributed by atoms with Gasteiger partial charge in [0.05, 0.1) is 11.9 Å². The Hall–Kier alpha value is -1.65. The number of nitrogens with zero attached hydrogens (tertiary/aromatic N) is 4. The second kappa shape index (κ2) is 3.49. The van der Waals surface area contributed by atoms with Gasteiger partial charge in [0.25, 0.3) is 0 Å². The van der Waals surface area contributed by atoms with Crippen molar-refractivity contribution in [1.82, 2.24) is 20.2 Å². The summed E-state index contributed by atoms with van der Waals surface area (Å²) in [5.41, 5.74) is 1.11. The van der Waals surface area contributed by atoms with E-state index in [-0.39, 0.29) is 0 Å². The number of rotatable bonds is 3. The van der Waals surface area contributed by atoms with Gasteiger partial charge in [-0.05, 0) is 12.8 Å². The molecule has 0 radical (unpaired) electrons. The van der Waals surface area contributed by atoms with E-state index in [2.05, 4.69) is 15.5 Å². The van der Waals surface area contributed by atoms with Crippen LogP contribution in [0.5, 0.6) is 0 Å². The fourth-order valence-corrected chi connectivity index (χ4v) is 1.77. The molecule has 0 spiro atoms. The molecule has 2 aromatic rings. The van der Waals surface area contributed by atoms with Crippen LogP contribution in [0, 0.1) is 0 Å². The van der Waals surface area contributed by atoms with Crippen molar-refractivity contribution in [2.75, 3.05) is 0 Å². The zero-order valence-electron chi connectivity index (χ0n) is 8.33. The molecule has 0 saturated heterocycles. The fourth-order valence-electron chi connectivity index (χ4n) is 1.77. The predicted octanol–water partition coefficient (Wildman–Crippen LogP) is 1.58. The van der Waals surface area contributed by atoms with Gasteiger partial charge in [0.1, 0.15) is 6.54 Å². The molecule has 78 valence electrons. The fraction of sp³-hybridized carbons (Fsp3) is 0.500. The lowest BCUT2D eigenvalue weighted by molar-refractivity contribution is 0.370. The zero-order chi connectivity index (χ0) is 10.1. The highest BCUT2D eigenvalue weighted by atomic mass is 16.5. The smallest absolute Gasteiger partial charge is 0.158 e. The van der Waals surface area contributed by atoms with Gasteiger partial charge in [0.2, 0.25) is 0 Å². The Morgan fingerprint density at radius 2 is 2.40 bits per heavy atom. The summed E-state index contributed by atoms with van der Waals surface area (Å²) in [7, 11) is 0. The van der Waals surface area contributed by atoms with E-state index in [1.54, 1.807) is 10.9 Å². The summed E-state index contributed by atoms with van der Waals surface area (Å²) in [5.74, 6) is 1.44. The van der Waals surface area contributed by atoms with E-state index in [4.69, 9.17) is 4.52 Å². The Morgan fingerprint density at radius 3 is 3.07 bits per heavy atom. The molecule has 3 rings (SSSR count). The predicted molar refractivity (Wildman–Crippen MR) is 52.2 cm³/mol. The summed E-state index contributed by atoms with van der Waals surface area (Å²) in [5, 5.41) is 11.9. The Labute approximate surface area is 87.1 Å². The van der Waals surface area contributed by atoms with Crippen molar-refractivity contribution in [3.05, 3.63) is 29.9 Å². The van der Waals surface area contributed by atoms with Crippen LogP contribution in [-0.2, 0) is 6.54 Å². The number of aromatic nitrogens is 4. The molecule has 1 aliphatic rings. The Balaban J connectivity index is 1.73. The van der Waals surface area contributed by atoms with E-state index < -0.39 is 0 Å². The first-order valence-electron chi connectivity index (χ1n) is 5.21. The molecule has 2 heterocycles. The largest absolute Gasteiger partial charge is 0.359 e. The van der Waals surface area contributed by atoms with E-state index in [1.807, 2.05) is 12.3 Å². The molecule has 0 atom stereocenters. The molecule has 0 aromatic carbocycles. The molecule has 1 saturated carbocycles. The molecule has 15 heavy (non-hydrogen) atoms. The molecule has 0 N–H and O–H groups in total. The van der Waals surface area contributed by atoms with E-state index in [1.165, 1.54) is 19.3 Å². The quantitative estimate of drug-likeness (QED) is 0.761. The van der Waals surface area contributed by atoms with Crippen molar-refractivity contribution in [2.24, 2.45) is 0 Å². The molecule has 0 aliphatic heterocycles. The molecule has 5 nitrogen and oxygen atoms in total. The number of hydrogen-bond donors (Lipinski definition) is 0. The van der Waals surface area contributed by atoms with Crippen LogP contribution in [0.2, 0.25) is 0 Å². The molecule has 0 unspecified atom stereocenters.